The first-order valence-electron chi connectivity index (χ1n) is 12.5. The standard InChI is InChI=1S/C30H34N2O4S/c1-5-16-31(30(34)23-8-10-24(35-4)11-9-23)19-29(33)32-17-14-28-26(15-18-37-28)27(32)20-36-25-12-6-22(7-13-25)21(2)3/h5-13,15,18,21,27H,1,14,16-17,19-20H2,2-4H3/t27-/m1/s1. The van der Waals surface area contributed by atoms with E-state index in [1.807, 2.05) is 17.0 Å². The summed E-state index contributed by atoms with van der Waals surface area (Å²) in [5, 5.41) is 2.07. The number of rotatable bonds is 10. The second-order valence-electron chi connectivity index (χ2n) is 9.39. The molecule has 1 aliphatic rings. The van der Waals surface area contributed by atoms with Crippen LogP contribution in [0.25, 0.3) is 0 Å². The molecule has 4 rings (SSSR count). The molecule has 0 saturated carbocycles. The van der Waals surface area contributed by atoms with Crippen molar-refractivity contribution >= 4 is 23.2 Å². The summed E-state index contributed by atoms with van der Waals surface area (Å²) in [4.78, 5) is 31.5. The van der Waals surface area contributed by atoms with E-state index in [0.717, 1.165) is 17.7 Å². The lowest BCUT2D eigenvalue weighted by Gasteiger charge is -2.37. The summed E-state index contributed by atoms with van der Waals surface area (Å²) in [6.07, 6.45) is 2.44. The van der Waals surface area contributed by atoms with Gasteiger partial charge in [0.15, 0.2) is 0 Å². The number of ether oxygens (including phenoxy) is 2. The van der Waals surface area contributed by atoms with Crippen molar-refractivity contribution in [3.8, 4) is 11.5 Å². The highest BCUT2D eigenvalue weighted by atomic mass is 32.1. The molecule has 0 radical (unpaired) electrons. The van der Waals surface area contributed by atoms with Crippen LogP contribution >= 0.6 is 11.3 Å². The highest BCUT2D eigenvalue weighted by Crippen LogP contribution is 2.34. The first kappa shape index (κ1) is 26.5. The Morgan fingerprint density at radius 3 is 2.46 bits per heavy atom. The Hall–Kier alpha value is -3.58. The van der Waals surface area contributed by atoms with Gasteiger partial charge in [0.1, 0.15) is 24.7 Å². The molecule has 0 fully saturated rings. The lowest BCUT2D eigenvalue weighted by atomic mass is 10.00. The number of benzene rings is 2. The Kier molecular flexibility index (Phi) is 8.66. The van der Waals surface area contributed by atoms with Crippen molar-refractivity contribution in [3.63, 3.8) is 0 Å². The maximum atomic E-state index is 13.6. The Bertz CT molecular complexity index is 1220. The molecule has 1 aliphatic heterocycles. The van der Waals surface area contributed by atoms with Gasteiger partial charge in [0.25, 0.3) is 5.91 Å². The molecule has 0 saturated heterocycles. The van der Waals surface area contributed by atoms with Crippen molar-refractivity contribution < 1.29 is 19.1 Å². The third-order valence-electron chi connectivity index (χ3n) is 6.67. The molecule has 37 heavy (non-hydrogen) atoms. The predicted molar refractivity (Wildman–Crippen MR) is 148 cm³/mol. The van der Waals surface area contributed by atoms with E-state index in [0.29, 0.717) is 30.4 Å². The van der Waals surface area contributed by atoms with Gasteiger partial charge in [-0.2, -0.15) is 0 Å². The van der Waals surface area contributed by atoms with Crippen LogP contribution in [-0.4, -0.2) is 55.0 Å². The largest absolute Gasteiger partial charge is 0.497 e. The van der Waals surface area contributed by atoms with Crippen molar-refractivity contribution in [3.05, 3.63) is 94.2 Å². The number of carbonyl (C=O) groups excluding carboxylic acids is 2. The molecule has 0 N–H and O–H groups in total. The van der Waals surface area contributed by atoms with Gasteiger partial charge in [-0.15, -0.1) is 17.9 Å². The van der Waals surface area contributed by atoms with E-state index in [4.69, 9.17) is 9.47 Å². The first-order chi connectivity index (χ1) is 17.9. The van der Waals surface area contributed by atoms with E-state index in [1.54, 1.807) is 48.8 Å². The molecule has 7 heteroatoms. The fraction of sp³-hybridized carbons (Fsp3) is 0.333. The number of amides is 2. The van der Waals surface area contributed by atoms with Gasteiger partial charge in [-0.3, -0.25) is 9.59 Å². The highest BCUT2D eigenvalue weighted by Gasteiger charge is 2.33. The summed E-state index contributed by atoms with van der Waals surface area (Å²) < 4.78 is 11.4. The van der Waals surface area contributed by atoms with Crippen molar-refractivity contribution in [2.45, 2.75) is 32.2 Å². The van der Waals surface area contributed by atoms with Crippen molar-refractivity contribution in [1.82, 2.24) is 9.80 Å². The number of nitrogens with zero attached hydrogens (tertiary/aromatic N) is 2. The van der Waals surface area contributed by atoms with Gasteiger partial charge in [-0.1, -0.05) is 32.1 Å². The highest BCUT2D eigenvalue weighted by molar-refractivity contribution is 7.10. The Morgan fingerprint density at radius 2 is 1.81 bits per heavy atom. The molecule has 194 valence electrons. The lowest BCUT2D eigenvalue weighted by Crippen LogP contribution is -2.47. The van der Waals surface area contributed by atoms with Gasteiger partial charge in [-0.25, -0.2) is 0 Å². The average Bonchev–Trinajstić information content (AvgIpc) is 3.40. The van der Waals surface area contributed by atoms with E-state index in [1.165, 1.54) is 15.3 Å². The molecule has 2 amide bonds. The fourth-order valence-corrected chi connectivity index (χ4v) is 5.47. The molecule has 2 heterocycles. The Labute approximate surface area is 223 Å². The normalized spacial score (nSPS) is 14.7. The zero-order valence-electron chi connectivity index (χ0n) is 21.7. The van der Waals surface area contributed by atoms with Crippen LogP contribution in [0.5, 0.6) is 11.5 Å². The fourth-order valence-electron chi connectivity index (χ4n) is 4.54. The van der Waals surface area contributed by atoms with Gasteiger partial charge < -0.3 is 19.3 Å². The topological polar surface area (TPSA) is 59.1 Å². The van der Waals surface area contributed by atoms with Crippen LogP contribution in [0.15, 0.2) is 72.6 Å². The molecule has 6 nitrogen and oxygen atoms in total. The number of fused-ring (bicyclic) bond motifs is 1. The van der Waals surface area contributed by atoms with Crippen LogP contribution in [0.4, 0.5) is 0 Å². The van der Waals surface area contributed by atoms with Crippen LogP contribution in [-0.2, 0) is 11.2 Å². The second-order valence-corrected chi connectivity index (χ2v) is 10.4. The minimum atomic E-state index is -0.220. The van der Waals surface area contributed by atoms with Crippen LogP contribution in [0.2, 0.25) is 0 Å². The predicted octanol–water partition coefficient (Wildman–Crippen LogP) is 5.71. The molecule has 2 aromatic carbocycles. The van der Waals surface area contributed by atoms with Gasteiger partial charge in [0, 0.05) is 23.5 Å². The van der Waals surface area contributed by atoms with E-state index in [2.05, 4.69) is 44.0 Å². The third-order valence-corrected chi connectivity index (χ3v) is 7.67. The van der Waals surface area contributed by atoms with Crippen molar-refractivity contribution in [2.75, 3.05) is 33.4 Å². The molecule has 3 aromatic rings. The number of hydrogen-bond donors (Lipinski definition) is 0. The number of carbonyl (C=O) groups is 2. The van der Waals surface area contributed by atoms with Crippen LogP contribution in [0, 0.1) is 0 Å². The SMILES string of the molecule is C=CCN(CC(=O)N1CCc2sccc2[C@H]1COc1ccc(C(C)C)cc1)C(=O)c1ccc(OC)cc1. The van der Waals surface area contributed by atoms with Gasteiger partial charge >= 0.3 is 0 Å². The molecule has 0 aliphatic carbocycles. The van der Waals surface area contributed by atoms with Crippen molar-refractivity contribution in [2.24, 2.45) is 0 Å². The first-order valence-corrected chi connectivity index (χ1v) is 13.4. The minimum absolute atomic E-state index is 0.0318. The smallest absolute Gasteiger partial charge is 0.254 e. The molecular weight excluding hydrogens is 484 g/mol. The molecule has 1 atom stereocenters. The zero-order chi connectivity index (χ0) is 26.4. The van der Waals surface area contributed by atoms with E-state index >= 15 is 0 Å². The Balaban J connectivity index is 1.49. The molecule has 0 bridgehead atoms. The zero-order valence-corrected chi connectivity index (χ0v) is 22.5. The third kappa shape index (κ3) is 6.23. The maximum Gasteiger partial charge on any atom is 0.254 e. The number of thiophene rings is 1. The summed E-state index contributed by atoms with van der Waals surface area (Å²) in [5.41, 5.74) is 2.88. The number of hydrogen-bond acceptors (Lipinski definition) is 5. The molecule has 0 unspecified atom stereocenters. The summed E-state index contributed by atoms with van der Waals surface area (Å²) in [7, 11) is 1.58. The van der Waals surface area contributed by atoms with Gasteiger partial charge in [0.05, 0.1) is 13.2 Å². The molecular formula is C30H34N2O4S. The van der Waals surface area contributed by atoms with Crippen LogP contribution in [0.1, 0.15) is 52.2 Å². The summed E-state index contributed by atoms with van der Waals surface area (Å²) in [6, 6.07) is 16.9. The Morgan fingerprint density at radius 1 is 1.11 bits per heavy atom. The van der Waals surface area contributed by atoms with Crippen LogP contribution < -0.4 is 9.47 Å². The van der Waals surface area contributed by atoms with Crippen LogP contribution in [0.3, 0.4) is 0 Å². The monoisotopic (exact) mass is 518 g/mol. The minimum Gasteiger partial charge on any atom is -0.497 e. The lowest BCUT2D eigenvalue weighted by molar-refractivity contribution is -0.135. The quantitative estimate of drug-likeness (QED) is 0.323. The maximum absolute atomic E-state index is 13.6. The summed E-state index contributed by atoms with van der Waals surface area (Å²) in [5.74, 6) is 1.58. The summed E-state index contributed by atoms with van der Waals surface area (Å²) >= 11 is 1.72. The second kappa shape index (κ2) is 12.1. The van der Waals surface area contributed by atoms with E-state index in [-0.39, 0.29) is 30.9 Å². The molecule has 1 aromatic heterocycles. The van der Waals surface area contributed by atoms with Gasteiger partial charge in [-0.05, 0) is 71.3 Å². The van der Waals surface area contributed by atoms with Crippen molar-refractivity contribution in [1.29, 1.82) is 0 Å². The average molecular weight is 519 g/mol. The van der Waals surface area contributed by atoms with E-state index < -0.39 is 0 Å². The van der Waals surface area contributed by atoms with Gasteiger partial charge in [0.2, 0.25) is 5.91 Å². The molecule has 0 spiro atoms. The summed E-state index contributed by atoms with van der Waals surface area (Å²) in [6.45, 7) is 9.29. The number of methoxy groups -OCH3 is 1. The van der Waals surface area contributed by atoms with E-state index in [9.17, 15) is 9.59 Å².